The second-order valence-corrected chi connectivity index (χ2v) is 5.33. The van der Waals surface area contributed by atoms with E-state index in [9.17, 15) is 9.59 Å². The number of benzene rings is 2. The monoisotopic (exact) mass is 347 g/mol. The van der Waals surface area contributed by atoms with Gasteiger partial charge in [0.1, 0.15) is 5.75 Å². The lowest BCUT2D eigenvalue weighted by Crippen LogP contribution is -2.30. The zero-order chi connectivity index (χ0) is 15.2. The molecule has 1 atom stereocenters. The summed E-state index contributed by atoms with van der Waals surface area (Å²) in [6.07, 6.45) is -0.0212. The summed E-state index contributed by atoms with van der Waals surface area (Å²) >= 11 is 3.28. The van der Waals surface area contributed by atoms with Gasteiger partial charge in [-0.1, -0.05) is 34.1 Å². The number of rotatable bonds is 5. The van der Waals surface area contributed by atoms with Crippen molar-refractivity contribution in [3.8, 4) is 5.75 Å². The number of hydrogen-bond donors (Lipinski definition) is 1. The zero-order valence-corrected chi connectivity index (χ0v) is 13.0. The molecule has 0 aromatic heterocycles. The van der Waals surface area contributed by atoms with Gasteiger partial charge < -0.3 is 10.1 Å². The van der Waals surface area contributed by atoms with E-state index in [2.05, 4.69) is 21.2 Å². The summed E-state index contributed by atoms with van der Waals surface area (Å²) in [4.78, 5) is 23.1. The quantitative estimate of drug-likeness (QED) is 0.839. The third-order valence-corrected chi connectivity index (χ3v) is 3.31. The van der Waals surface area contributed by atoms with E-state index in [1.54, 1.807) is 37.3 Å². The summed E-state index contributed by atoms with van der Waals surface area (Å²) in [5.74, 6) is 0.102. The number of nitrogens with one attached hydrogen (secondary N) is 1. The number of amides is 1. The molecule has 1 N–H and O–H groups in total. The highest BCUT2D eigenvalue weighted by Crippen LogP contribution is 2.23. The van der Waals surface area contributed by atoms with Gasteiger partial charge in [-0.3, -0.25) is 9.59 Å². The second kappa shape index (κ2) is 7.04. The van der Waals surface area contributed by atoms with Crippen molar-refractivity contribution in [2.75, 3.05) is 5.32 Å². The van der Waals surface area contributed by atoms with Gasteiger partial charge in [0.05, 0.1) is 5.56 Å². The molecule has 0 radical (unpaired) electrons. The summed E-state index contributed by atoms with van der Waals surface area (Å²) in [6, 6.07) is 14.2. The van der Waals surface area contributed by atoms with Crippen LogP contribution < -0.4 is 10.1 Å². The van der Waals surface area contributed by atoms with Crippen molar-refractivity contribution >= 4 is 33.8 Å². The standard InChI is InChI=1S/C16H14BrNO3/c1-11(16(20)18-14-5-3-2-4-6-14)21-15-8-7-13(17)9-12(15)10-19/h2-11H,1H3,(H,18,20)/t11-/m1/s1. The number of halogens is 1. The smallest absolute Gasteiger partial charge is 0.265 e. The summed E-state index contributed by atoms with van der Waals surface area (Å²) in [5, 5.41) is 2.75. The molecule has 0 unspecified atom stereocenters. The Morgan fingerprint density at radius 3 is 2.62 bits per heavy atom. The van der Waals surface area contributed by atoms with Crippen LogP contribution in [-0.2, 0) is 4.79 Å². The number of hydrogen-bond acceptors (Lipinski definition) is 3. The Labute approximate surface area is 131 Å². The van der Waals surface area contributed by atoms with Crippen LogP contribution >= 0.6 is 15.9 Å². The topological polar surface area (TPSA) is 55.4 Å². The molecule has 2 aromatic rings. The minimum Gasteiger partial charge on any atom is -0.480 e. The normalized spacial score (nSPS) is 11.5. The van der Waals surface area contributed by atoms with Crippen LogP contribution in [0.15, 0.2) is 53.0 Å². The van der Waals surface area contributed by atoms with E-state index in [0.717, 1.165) is 4.47 Å². The lowest BCUT2D eigenvalue weighted by Gasteiger charge is -2.16. The van der Waals surface area contributed by atoms with Crippen LogP contribution in [0.3, 0.4) is 0 Å². The van der Waals surface area contributed by atoms with Gasteiger partial charge in [0.25, 0.3) is 5.91 Å². The first-order valence-electron chi connectivity index (χ1n) is 6.37. The molecule has 1 amide bonds. The van der Waals surface area contributed by atoms with E-state index in [-0.39, 0.29) is 5.91 Å². The molecular weight excluding hydrogens is 334 g/mol. The Bertz CT molecular complexity index is 643. The first-order chi connectivity index (χ1) is 10.1. The predicted molar refractivity (Wildman–Crippen MR) is 84.7 cm³/mol. The SMILES string of the molecule is C[C@@H](Oc1ccc(Br)cc1C=O)C(=O)Nc1ccccc1. The van der Waals surface area contributed by atoms with Gasteiger partial charge >= 0.3 is 0 Å². The Kier molecular flexibility index (Phi) is 5.11. The van der Waals surface area contributed by atoms with Gasteiger partial charge in [-0.2, -0.15) is 0 Å². The fourth-order valence-corrected chi connectivity index (χ4v) is 2.11. The number of carbonyl (C=O) groups is 2. The highest BCUT2D eigenvalue weighted by Gasteiger charge is 2.16. The van der Waals surface area contributed by atoms with E-state index >= 15 is 0 Å². The Balaban J connectivity index is 2.05. The highest BCUT2D eigenvalue weighted by molar-refractivity contribution is 9.10. The third kappa shape index (κ3) is 4.16. The molecule has 4 nitrogen and oxygen atoms in total. The highest BCUT2D eigenvalue weighted by atomic mass is 79.9. The van der Waals surface area contributed by atoms with Crippen molar-refractivity contribution in [1.29, 1.82) is 0 Å². The average Bonchev–Trinajstić information content (AvgIpc) is 2.49. The Hall–Kier alpha value is -2.14. The minimum atomic E-state index is -0.718. The molecule has 5 heteroatoms. The van der Waals surface area contributed by atoms with Crippen LogP contribution in [0.5, 0.6) is 5.75 Å². The molecule has 0 aliphatic rings. The number of ether oxygens (including phenoxy) is 1. The summed E-state index contributed by atoms with van der Waals surface area (Å²) in [7, 11) is 0. The van der Waals surface area contributed by atoms with Gasteiger partial charge in [0, 0.05) is 10.2 Å². The molecule has 2 aromatic carbocycles. The van der Waals surface area contributed by atoms with E-state index in [0.29, 0.717) is 23.3 Å². The van der Waals surface area contributed by atoms with Gasteiger partial charge in [0.2, 0.25) is 0 Å². The summed E-state index contributed by atoms with van der Waals surface area (Å²) < 4.78 is 6.34. The third-order valence-electron chi connectivity index (χ3n) is 2.81. The first kappa shape index (κ1) is 15.3. The maximum atomic E-state index is 12.0. The fraction of sp³-hybridized carbons (Fsp3) is 0.125. The molecular formula is C16H14BrNO3. The predicted octanol–water partition coefficient (Wildman–Crippen LogP) is 3.67. The lowest BCUT2D eigenvalue weighted by molar-refractivity contribution is -0.122. The van der Waals surface area contributed by atoms with Gasteiger partial charge in [-0.15, -0.1) is 0 Å². The van der Waals surface area contributed by atoms with Crippen molar-refractivity contribution in [2.45, 2.75) is 13.0 Å². The number of carbonyl (C=O) groups excluding carboxylic acids is 2. The van der Waals surface area contributed by atoms with E-state index in [1.807, 2.05) is 18.2 Å². The molecule has 0 aliphatic carbocycles. The lowest BCUT2D eigenvalue weighted by atomic mass is 10.2. The largest absolute Gasteiger partial charge is 0.480 e. The van der Waals surface area contributed by atoms with Crippen LogP contribution in [0.4, 0.5) is 5.69 Å². The van der Waals surface area contributed by atoms with E-state index < -0.39 is 6.10 Å². The van der Waals surface area contributed by atoms with Gasteiger partial charge in [-0.25, -0.2) is 0 Å². The van der Waals surface area contributed by atoms with Crippen molar-refractivity contribution in [3.63, 3.8) is 0 Å². The van der Waals surface area contributed by atoms with Crippen molar-refractivity contribution in [1.82, 2.24) is 0 Å². The second-order valence-electron chi connectivity index (χ2n) is 4.42. The van der Waals surface area contributed by atoms with Crippen LogP contribution in [0, 0.1) is 0 Å². The molecule has 0 bridgehead atoms. The molecule has 0 heterocycles. The van der Waals surface area contributed by atoms with Crippen molar-refractivity contribution in [3.05, 3.63) is 58.6 Å². The maximum Gasteiger partial charge on any atom is 0.265 e. The van der Waals surface area contributed by atoms with Crippen LogP contribution in [0.1, 0.15) is 17.3 Å². The molecule has 0 aliphatic heterocycles. The van der Waals surface area contributed by atoms with Crippen LogP contribution in [0.2, 0.25) is 0 Å². The van der Waals surface area contributed by atoms with Crippen molar-refractivity contribution < 1.29 is 14.3 Å². The minimum absolute atomic E-state index is 0.277. The molecule has 2 rings (SSSR count). The van der Waals surface area contributed by atoms with Gasteiger partial charge in [0.15, 0.2) is 12.4 Å². The molecule has 108 valence electrons. The number of aldehydes is 1. The average molecular weight is 348 g/mol. The molecule has 0 spiro atoms. The van der Waals surface area contributed by atoms with E-state index in [1.165, 1.54) is 0 Å². The first-order valence-corrected chi connectivity index (χ1v) is 7.17. The number of anilines is 1. The Morgan fingerprint density at radius 2 is 1.95 bits per heavy atom. The molecule has 0 saturated carbocycles. The Morgan fingerprint density at radius 1 is 1.24 bits per heavy atom. The summed E-state index contributed by atoms with van der Waals surface area (Å²) in [5.41, 5.74) is 1.09. The number of para-hydroxylation sites is 1. The van der Waals surface area contributed by atoms with Gasteiger partial charge in [-0.05, 0) is 37.3 Å². The molecule has 0 fully saturated rings. The summed E-state index contributed by atoms with van der Waals surface area (Å²) in [6.45, 7) is 1.63. The zero-order valence-electron chi connectivity index (χ0n) is 11.4. The van der Waals surface area contributed by atoms with Crippen LogP contribution in [0.25, 0.3) is 0 Å². The van der Waals surface area contributed by atoms with Crippen LogP contribution in [-0.4, -0.2) is 18.3 Å². The van der Waals surface area contributed by atoms with E-state index in [4.69, 9.17) is 4.74 Å². The van der Waals surface area contributed by atoms with Crippen molar-refractivity contribution in [2.24, 2.45) is 0 Å². The molecule has 21 heavy (non-hydrogen) atoms. The molecule has 0 saturated heterocycles. The fourth-order valence-electron chi connectivity index (χ4n) is 1.73. The maximum absolute atomic E-state index is 12.0.